The van der Waals surface area contributed by atoms with Crippen molar-refractivity contribution in [1.29, 1.82) is 0 Å². The highest BCUT2D eigenvalue weighted by molar-refractivity contribution is 5.62. The monoisotopic (exact) mass is 245 g/mol. The van der Waals surface area contributed by atoms with Crippen LogP contribution in [0, 0.1) is 0 Å². The molecule has 2 rings (SSSR count). The number of piperazine rings is 1. The quantitative estimate of drug-likeness (QED) is 0.740. The van der Waals surface area contributed by atoms with Gasteiger partial charge in [-0.15, -0.1) is 0 Å². The lowest BCUT2D eigenvalue weighted by atomic mass is 10.1. The van der Waals surface area contributed by atoms with Gasteiger partial charge in [0, 0.05) is 31.9 Å². The summed E-state index contributed by atoms with van der Waals surface area (Å²) in [5.74, 6) is 0. The van der Waals surface area contributed by atoms with Gasteiger partial charge in [0.1, 0.15) is 0 Å². The molecule has 3 nitrogen and oxygen atoms in total. The highest BCUT2D eigenvalue weighted by atomic mass is 19.4. The van der Waals surface area contributed by atoms with Crippen molar-refractivity contribution in [3.63, 3.8) is 0 Å². The molecule has 0 atom stereocenters. The van der Waals surface area contributed by atoms with Crippen LogP contribution in [-0.4, -0.2) is 26.2 Å². The zero-order chi connectivity index (χ0) is 12.5. The van der Waals surface area contributed by atoms with Crippen molar-refractivity contribution in [3.05, 3.63) is 23.8 Å². The number of halogens is 3. The molecule has 94 valence electrons. The van der Waals surface area contributed by atoms with Crippen LogP contribution in [0.25, 0.3) is 0 Å². The molecular formula is C11H14F3N3. The van der Waals surface area contributed by atoms with E-state index < -0.39 is 11.7 Å². The molecule has 1 aliphatic rings. The first-order valence-corrected chi connectivity index (χ1v) is 5.41. The van der Waals surface area contributed by atoms with Crippen LogP contribution in [0.4, 0.5) is 24.5 Å². The SMILES string of the molecule is Nc1ccc(C(F)(F)F)c(N2CCNCC2)c1. The Morgan fingerprint density at radius 1 is 1.18 bits per heavy atom. The third-order valence-electron chi connectivity index (χ3n) is 2.78. The Hall–Kier alpha value is -1.43. The van der Waals surface area contributed by atoms with Gasteiger partial charge in [0.15, 0.2) is 0 Å². The molecule has 1 aromatic rings. The Morgan fingerprint density at radius 2 is 1.82 bits per heavy atom. The normalized spacial score (nSPS) is 17.2. The van der Waals surface area contributed by atoms with Crippen molar-refractivity contribution in [2.24, 2.45) is 0 Å². The number of nitrogens with zero attached hydrogens (tertiary/aromatic N) is 1. The fraction of sp³-hybridized carbons (Fsp3) is 0.455. The van der Waals surface area contributed by atoms with Crippen molar-refractivity contribution < 1.29 is 13.2 Å². The van der Waals surface area contributed by atoms with Crippen molar-refractivity contribution >= 4 is 11.4 Å². The van der Waals surface area contributed by atoms with E-state index in [2.05, 4.69) is 5.32 Å². The molecule has 0 radical (unpaired) electrons. The number of hydrogen-bond donors (Lipinski definition) is 2. The highest BCUT2D eigenvalue weighted by Gasteiger charge is 2.35. The van der Waals surface area contributed by atoms with E-state index in [4.69, 9.17) is 5.73 Å². The van der Waals surface area contributed by atoms with Crippen molar-refractivity contribution in [3.8, 4) is 0 Å². The van der Waals surface area contributed by atoms with Gasteiger partial charge >= 0.3 is 6.18 Å². The van der Waals surface area contributed by atoms with E-state index >= 15 is 0 Å². The third-order valence-corrected chi connectivity index (χ3v) is 2.78. The van der Waals surface area contributed by atoms with E-state index in [0.717, 1.165) is 6.07 Å². The second-order valence-corrected chi connectivity index (χ2v) is 4.01. The minimum absolute atomic E-state index is 0.180. The maximum atomic E-state index is 12.9. The molecule has 0 amide bonds. The number of nitrogen functional groups attached to an aromatic ring is 1. The molecule has 3 N–H and O–H groups in total. The molecule has 0 unspecified atom stereocenters. The summed E-state index contributed by atoms with van der Waals surface area (Å²) >= 11 is 0. The summed E-state index contributed by atoms with van der Waals surface area (Å²) in [5.41, 5.74) is 5.48. The van der Waals surface area contributed by atoms with Crippen LogP contribution in [0.15, 0.2) is 18.2 Å². The molecule has 1 aliphatic heterocycles. The number of rotatable bonds is 1. The zero-order valence-corrected chi connectivity index (χ0v) is 9.22. The third kappa shape index (κ3) is 2.63. The number of alkyl halides is 3. The minimum atomic E-state index is -4.34. The Kier molecular flexibility index (Phi) is 3.15. The van der Waals surface area contributed by atoms with Gasteiger partial charge in [0.05, 0.1) is 11.3 Å². The van der Waals surface area contributed by atoms with Crippen molar-refractivity contribution in [1.82, 2.24) is 5.32 Å². The lowest BCUT2D eigenvalue weighted by Gasteiger charge is -2.31. The summed E-state index contributed by atoms with van der Waals surface area (Å²) in [6.07, 6.45) is -4.34. The Labute approximate surface area is 97.4 Å². The average molecular weight is 245 g/mol. The molecule has 0 aliphatic carbocycles. The summed E-state index contributed by atoms with van der Waals surface area (Å²) in [4.78, 5) is 1.72. The standard InChI is InChI=1S/C11H14F3N3/c12-11(13,14)9-2-1-8(15)7-10(9)17-5-3-16-4-6-17/h1-2,7,16H,3-6,15H2. The Morgan fingerprint density at radius 3 is 2.41 bits per heavy atom. The fourth-order valence-corrected chi connectivity index (χ4v) is 1.96. The topological polar surface area (TPSA) is 41.3 Å². The van der Waals surface area contributed by atoms with E-state index in [1.807, 2.05) is 0 Å². The molecule has 1 saturated heterocycles. The zero-order valence-electron chi connectivity index (χ0n) is 9.22. The largest absolute Gasteiger partial charge is 0.418 e. The smallest absolute Gasteiger partial charge is 0.399 e. The van der Waals surface area contributed by atoms with Gasteiger partial charge in [-0.25, -0.2) is 0 Å². The summed E-state index contributed by atoms with van der Waals surface area (Å²) in [6, 6.07) is 3.73. The van der Waals surface area contributed by atoms with E-state index in [0.29, 0.717) is 31.9 Å². The number of benzene rings is 1. The van der Waals surface area contributed by atoms with Crippen molar-refractivity contribution in [2.45, 2.75) is 6.18 Å². The molecule has 17 heavy (non-hydrogen) atoms. The first-order valence-electron chi connectivity index (χ1n) is 5.41. The van der Waals surface area contributed by atoms with E-state index in [-0.39, 0.29) is 5.69 Å². The predicted molar refractivity (Wildman–Crippen MR) is 60.9 cm³/mol. The molecule has 0 saturated carbocycles. The maximum Gasteiger partial charge on any atom is 0.418 e. The van der Waals surface area contributed by atoms with E-state index in [1.165, 1.54) is 12.1 Å². The predicted octanol–water partition coefficient (Wildman–Crippen LogP) is 1.70. The molecule has 1 aromatic carbocycles. The summed E-state index contributed by atoms with van der Waals surface area (Å²) in [6.45, 7) is 2.50. The maximum absolute atomic E-state index is 12.9. The molecule has 1 fully saturated rings. The summed E-state index contributed by atoms with van der Waals surface area (Å²) in [7, 11) is 0. The summed E-state index contributed by atoms with van der Waals surface area (Å²) < 4.78 is 38.6. The van der Waals surface area contributed by atoms with Gasteiger partial charge in [0.2, 0.25) is 0 Å². The van der Waals surface area contributed by atoms with Gasteiger partial charge < -0.3 is 16.0 Å². The minimum Gasteiger partial charge on any atom is -0.399 e. The van der Waals surface area contributed by atoms with Crippen LogP contribution < -0.4 is 16.0 Å². The van der Waals surface area contributed by atoms with E-state index in [1.54, 1.807) is 4.90 Å². The number of hydrogen-bond acceptors (Lipinski definition) is 3. The van der Waals surface area contributed by atoms with Crippen LogP contribution in [-0.2, 0) is 6.18 Å². The van der Waals surface area contributed by atoms with E-state index in [9.17, 15) is 13.2 Å². The molecule has 0 aromatic heterocycles. The molecule has 6 heteroatoms. The molecular weight excluding hydrogens is 231 g/mol. The van der Waals surface area contributed by atoms with Crippen LogP contribution in [0.5, 0.6) is 0 Å². The van der Waals surface area contributed by atoms with Gasteiger partial charge in [-0.2, -0.15) is 13.2 Å². The number of nitrogens with two attached hydrogens (primary N) is 1. The second kappa shape index (κ2) is 4.44. The van der Waals surface area contributed by atoms with Crippen molar-refractivity contribution in [2.75, 3.05) is 36.8 Å². The van der Waals surface area contributed by atoms with Crippen LogP contribution >= 0.6 is 0 Å². The molecule has 0 bridgehead atoms. The average Bonchev–Trinajstić information content (AvgIpc) is 2.28. The van der Waals surface area contributed by atoms with Gasteiger partial charge in [0.25, 0.3) is 0 Å². The molecule has 0 spiro atoms. The summed E-state index contributed by atoms with van der Waals surface area (Å²) in [5, 5.41) is 3.10. The molecule has 1 heterocycles. The van der Waals surface area contributed by atoms with Crippen LogP contribution in [0.2, 0.25) is 0 Å². The highest BCUT2D eigenvalue weighted by Crippen LogP contribution is 2.37. The van der Waals surface area contributed by atoms with Crippen LogP contribution in [0.3, 0.4) is 0 Å². The van der Waals surface area contributed by atoms with Crippen LogP contribution in [0.1, 0.15) is 5.56 Å². The lowest BCUT2D eigenvalue weighted by Crippen LogP contribution is -2.44. The lowest BCUT2D eigenvalue weighted by molar-refractivity contribution is -0.137. The first kappa shape index (κ1) is 12.0. The van der Waals surface area contributed by atoms with Gasteiger partial charge in [-0.3, -0.25) is 0 Å². The first-order chi connectivity index (χ1) is 7.98. The Balaban J connectivity index is 2.39. The fourth-order valence-electron chi connectivity index (χ4n) is 1.96. The Bertz CT molecular complexity index is 397. The van der Waals surface area contributed by atoms with Gasteiger partial charge in [-0.05, 0) is 18.2 Å². The second-order valence-electron chi connectivity index (χ2n) is 4.01. The number of nitrogens with one attached hydrogen (secondary N) is 1. The number of anilines is 2. The van der Waals surface area contributed by atoms with Gasteiger partial charge in [-0.1, -0.05) is 0 Å².